The van der Waals surface area contributed by atoms with Crippen LogP contribution in [-0.2, 0) is 16.1 Å². The van der Waals surface area contributed by atoms with Crippen LogP contribution in [0.25, 0.3) is 11.0 Å². The number of piperazine rings is 1. The molecule has 49 heavy (non-hydrogen) atoms. The fourth-order valence-electron chi connectivity index (χ4n) is 6.67. The Balaban J connectivity index is 1.18. The predicted molar refractivity (Wildman–Crippen MR) is 190 cm³/mol. The van der Waals surface area contributed by atoms with Crippen LogP contribution in [0.15, 0.2) is 93.2 Å². The van der Waals surface area contributed by atoms with Crippen molar-refractivity contribution in [1.29, 1.82) is 0 Å². The van der Waals surface area contributed by atoms with E-state index in [2.05, 4.69) is 28.9 Å². The van der Waals surface area contributed by atoms with Gasteiger partial charge in [0.2, 0.25) is 11.8 Å². The normalized spacial score (nSPS) is 18.6. The molecule has 6 rings (SSSR count). The van der Waals surface area contributed by atoms with Crippen LogP contribution in [0, 0.1) is 5.92 Å². The first-order chi connectivity index (χ1) is 23.7. The standard InChI is InChI=1S/C38H41ClN4O6/c1-3-19-48-28-11-13-34-29(22-28)33(44)23-35(49-34)37(46)40-31(21-26-10-12-30(39)25(2)20-26)38(47)42-17-15-41(16-18-42)32-8-5-4-7-27(32)24-43-14-6-9-36(43)45/h3-5,7-8,10-13,22-23,25,31H,1,6,9,14-21,24H2,2H3,(H,40,46)/t25?,31-/m1/s1. The van der Waals surface area contributed by atoms with Crippen molar-refractivity contribution in [2.45, 2.75) is 45.2 Å². The minimum absolute atomic E-state index is 0.103. The van der Waals surface area contributed by atoms with Gasteiger partial charge in [0.15, 0.2) is 11.2 Å². The van der Waals surface area contributed by atoms with Crippen molar-refractivity contribution in [2.24, 2.45) is 5.92 Å². The molecular formula is C38H41ClN4O6. The number of allylic oxidation sites excluding steroid dienone is 3. The highest BCUT2D eigenvalue weighted by Gasteiger charge is 2.32. The highest BCUT2D eigenvalue weighted by Crippen LogP contribution is 2.31. The molecule has 2 aromatic carbocycles. The zero-order valence-corrected chi connectivity index (χ0v) is 28.4. The number of nitrogens with zero attached hydrogens (tertiary/aromatic N) is 3. The summed E-state index contributed by atoms with van der Waals surface area (Å²) in [5.74, 6) is -0.258. The molecule has 10 nitrogen and oxygen atoms in total. The lowest BCUT2D eigenvalue weighted by molar-refractivity contribution is -0.133. The van der Waals surface area contributed by atoms with Crippen LogP contribution in [0.3, 0.4) is 0 Å². The molecule has 0 bridgehead atoms. The second-order valence-electron chi connectivity index (χ2n) is 12.8. The fraction of sp³-hybridized carbons (Fsp3) is 0.368. The topological polar surface area (TPSA) is 112 Å². The van der Waals surface area contributed by atoms with Gasteiger partial charge in [0.1, 0.15) is 24.0 Å². The van der Waals surface area contributed by atoms with Crippen LogP contribution < -0.4 is 20.4 Å². The molecule has 1 unspecified atom stereocenters. The van der Waals surface area contributed by atoms with Gasteiger partial charge in [0.25, 0.3) is 5.91 Å². The summed E-state index contributed by atoms with van der Waals surface area (Å²) in [6.45, 7) is 9.42. The van der Waals surface area contributed by atoms with Crippen molar-refractivity contribution < 1.29 is 23.5 Å². The number of carbonyl (C=O) groups is 3. The molecule has 2 saturated heterocycles. The Kier molecular flexibility index (Phi) is 10.5. The Labute approximate surface area is 290 Å². The molecule has 1 N–H and O–H groups in total. The average molecular weight is 685 g/mol. The zero-order valence-electron chi connectivity index (χ0n) is 27.7. The van der Waals surface area contributed by atoms with Gasteiger partial charge in [-0.1, -0.05) is 61.0 Å². The summed E-state index contributed by atoms with van der Waals surface area (Å²) in [5.41, 5.74) is 2.99. The molecule has 1 aliphatic carbocycles. The maximum atomic E-state index is 14.1. The Morgan fingerprint density at radius 1 is 1.08 bits per heavy atom. The lowest BCUT2D eigenvalue weighted by atomic mass is 9.91. The Morgan fingerprint density at radius 3 is 2.61 bits per heavy atom. The maximum absolute atomic E-state index is 14.1. The minimum atomic E-state index is -0.882. The molecule has 3 heterocycles. The highest BCUT2D eigenvalue weighted by molar-refractivity contribution is 6.30. The lowest BCUT2D eigenvalue weighted by Crippen LogP contribution is -2.55. The van der Waals surface area contributed by atoms with E-state index in [1.807, 2.05) is 36.1 Å². The lowest BCUT2D eigenvalue weighted by Gasteiger charge is -2.39. The number of nitrogens with one attached hydrogen (secondary N) is 1. The molecule has 0 spiro atoms. The van der Waals surface area contributed by atoms with Gasteiger partial charge in [-0.3, -0.25) is 19.2 Å². The largest absolute Gasteiger partial charge is 0.490 e. The second kappa shape index (κ2) is 15.2. The van der Waals surface area contributed by atoms with E-state index in [1.165, 1.54) is 0 Å². The highest BCUT2D eigenvalue weighted by atomic mass is 35.5. The number of rotatable bonds is 11. The van der Waals surface area contributed by atoms with Crippen LogP contribution >= 0.6 is 11.6 Å². The molecule has 256 valence electrons. The monoisotopic (exact) mass is 684 g/mol. The Hall–Kier alpha value is -4.83. The predicted octanol–water partition coefficient (Wildman–Crippen LogP) is 5.41. The van der Waals surface area contributed by atoms with Crippen molar-refractivity contribution in [1.82, 2.24) is 15.1 Å². The molecular weight excluding hydrogens is 644 g/mol. The van der Waals surface area contributed by atoms with E-state index in [-0.39, 0.29) is 41.1 Å². The summed E-state index contributed by atoms with van der Waals surface area (Å²) in [5, 5.41) is 3.91. The number of halogens is 1. The van der Waals surface area contributed by atoms with Gasteiger partial charge < -0.3 is 29.2 Å². The molecule has 1 aromatic heterocycles. The van der Waals surface area contributed by atoms with E-state index < -0.39 is 17.4 Å². The third-order valence-corrected chi connectivity index (χ3v) is 9.83. The molecule has 0 saturated carbocycles. The fourth-order valence-corrected chi connectivity index (χ4v) is 6.81. The van der Waals surface area contributed by atoms with E-state index in [4.69, 9.17) is 20.8 Å². The van der Waals surface area contributed by atoms with Crippen LogP contribution in [0.4, 0.5) is 5.69 Å². The van der Waals surface area contributed by atoms with Crippen molar-refractivity contribution >= 4 is 46.0 Å². The van der Waals surface area contributed by atoms with Crippen molar-refractivity contribution in [3.05, 3.63) is 105 Å². The number of anilines is 1. The number of ether oxygens (including phenoxy) is 1. The summed E-state index contributed by atoms with van der Waals surface area (Å²) < 4.78 is 11.4. The number of fused-ring (bicyclic) bond motifs is 1. The molecule has 2 atom stereocenters. The van der Waals surface area contributed by atoms with Crippen LogP contribution in [0.2, 0.25) is 0 Å². The van der Waals surface area contributed by atoms with Gasteiger partial charge >= 0.3 is 0 Å². The van der Waals surface area contributed by atoms with E-state index in [9.17, 15) is 19.2 Å². The van der Waals surface area contributed by atoms with E-state index >= 15 is 0 Å². The number of amides is 3. The summed E-state index contributed by atoms with van der Waals surface area (Å²) in [6, 6.07) is 13.2. The SMILES string of the molecule is C=CCOc1ccc2oc(C(=O)N[C@H](CC3=CC=C(Cl)C(C)C3)C(=O)N3CCN(c4ccccc4CN4CCCC4=O)CC3)cc(=O)c2c1. The second-order valence-corrected chi connectivity index (χ2v) is 13.2. The van der Waals surface area contributed by atoms with Crippen molar-refractivity contribution in [3.63, 3.8) is 0 Å². The number of hydrogen-bond donors (Lipinski definition) is 1. The third kappa shape index (κ3) is 7.91. The molecule has 0 radical (unpaired) electrons. The van der Waals surface area contributed by atoms with Gasteiger partial charge in [-0.15, -0.1) is 0 Å². The summed E-state index contributed by atoms with van der Waals surface area (Å²) in [7, 11) is 0. The quantitative estimate of drug-likeness (QED) is 0.269. The first-order valence-electron chi connectivity index (χ1n) is 16.8. The summed E-state index contributed by atoms with van der Waals surface area (Å²) >= 11 is 6.34. The minimum Gasteiger partial charge on any atom is -0.490 e. The van der Waals surface area contributed by atoms with Gasteiger partial charge in [0.05, 0.1) is 5.39 Å². The average Bonchev–Trinajstić information content (AvgIpc) is 3.52. The van der Waals surface area contributed by atoms with Crippen molar-refractivity contribution in [3.8, 4) is 5.75 Å². The summed E-state index contributed by atoms with van der Waals surface area (Å²) in [4.78, 5) is 59.0. The molecule has 3 aromatic rings. The molecule has 3 amide bonds. The Bertz CT molecular complexity index is 1880. The number of para-hydroxylation sites is 1. The number of carbonyl (C=O) groups excluding carboxylic acids is 3. The van der Waals surface area contributed by atoms with Crippen molar-refractivity contribution in [2.75, 3.05) is 44.2 Å². The first-order valence-corrected chi connectivity index (χ1v) is 17.1. The van der Waals surface area contributed by atoms with Gasteiger partial charge in [-0.25, -0.2) is 0 Å². The zero-order chi connectivity index (χ0) is 34.5. The Morgan fingerprint density at radius 2 is 1.88 bits per heavy atom. The smallest absolute Gasteiger partial charge is 0.287 e. The third-order valence-electron chi connectivity index (χ3n) is 9.33. The number of benzene rings is 2. The van der Waals surface area contributed by atoms with Crippen LogP contribution in [-0.4, -0.2) is 72.9 Å². The van der Waals surface area contributed by atoms with E-state index in [0.29, 0.717) is 57.7 Å². The van der Waals surface area contributed by atoms with Crippen LogP contribution in [0.5, 0.6) is 5.75 Å². The van der Waals surface area contributed by atoms with Gasteiger partial charge in [-0.05, 0) is 61.1 Å². The molecule has 11 heteroatoms. The molecule has 3 aliphatic rings. The summed E-state index contributed by atoms with van der Waals surface area (Å²) in [6.07, 6.45) is 7.81. The molecule has 2 aliphatic heterocycles. The maximum Gasteiger partial charge on any atom is 0.287 e. The number of likely N-dealkylation sites (tertiary alicyclic amines) is 1. The van der Waals surface area contributed by atoms with Crippen LogP contribution in [0.1, 0.15) is 48.7 Å². The van der Waals surface area contributed by atoms with Gasteiger partial charge in [-0.2, -0.15) is 0 Å². The van der Waals surface area contributed by atoms with E-state index in [0.717, 1.165) is 40.9 Å². The van der Waals surface area contributed by atoms with E-state index in [1.54, 1.807) is 29.2 Å². The first kappa shape index (κ1) is 34.0. The number of hydrogen-bond acceptors (Lipinski definition) is 7. The molecule has 2 fully saturated rings. The van der Waals surface area contributed by atoms with Gasteiger partial charge in [0, 0.05) is 62.5 Å².